The molecule has 1 aromatic heterocycles. The number of benzene rings is 3. The summed E-state index contributed by atoms with van der Waals surface area (Å²) < 4.78 is 5.20. The Morgan fingerprint density at radius 1 is 1.00 bits per heavy atom. The van der Waals surface area contributed by atoms with Crippen LogP contribution in [0, 0.1) is 13.8 Å². The van der Waals surface area contributed by atoms with Gasteiger partial charge in [-0.05, 0) is 54.8 Å². The van der Waals surface area contributed by atoms with E-state index in [2.05, 4.69) is 20.7 Å². The maximum Gasteiger partial charge on any atom is 0.251 e. The molecule has 2 amide bonds. The van der Waals surface area contributed by atoms with Crippen LogP contribution in [0.3, 0.4) is 0 Å². The molecule has 0 aliphatic heterocycles. The molecule has 1 N–H and O–H groups in total. The highest BCUT2D eigenvalue weighted by Crippen LogP contribution is 2.24. The van der Waals surface area contributed by atoms with E-state index in [1.54, 1.807) is 12.0 Å². The molecule has 1 heterocycles. The van der Waals surface area contributed by atoms with Gasteiger partial charge in [0.15, 0.2) is 0 Å². The fraction of sp³-hybridized carbons (Fsp3) is 0.276. The summed E-state index contributed by atoms with van der Waals surface area (Å²) in [7, 11) is 1.61. The molecule has 0 aliphatic rings. The molecule has 38 heavy (non-hydrogen) atoms. The molecule has 0 saturated carbocycles. The van der Waals surface area contributed by atoms with Gasteiger partial charge in [-0.25, -0.2) is 0 Å². The maximum atomic E-state index is 13.7. The summed E-state index contributed by atoms with van der Waals surface area (Å²) >= 11 is 0. The van der Waals surface area contributed by atoms with Crippen molar-refractivity contribution in [1.29, 1.82) is 0 Å². The minimum atomic E-state index is -0.720. The lowest BCUT2D eigenvalue weighted by Gasteiger charge is -2.31. The summed E-state index contributed by atoms with van der Waals surface area (Å²) in [6.45, 7) is 5.99. The largest absolute Gasteiger partial charge is 0.497 e. The van der Waals surface area contributed by atoms with Crippen molar-refractivity contribution >= 4 is 17.5 Å². The molecular weight excluding hydrogens is 480 g/mol. The Hall–Kier alpha value is -4.53. The first kappa shape index (κ1) is 26.5. The van der Waals surface area contributed by atoms with Crippen LogP contribution in [0.1, 0.15) is 30.0 Å². The Morgan fingerprint density at radius 2 is 1.71 bits per heavy atom. The van der Waals surface area contributed by atoms with E-state index in [1.807, 2.05) is 93.6 Å². The van der Waals surface area contributed by atoms with Crippen molar-refractivity contribution in [3.63, 3.8) is 0 Å². The van der Waals surface area contributed by atoms with E-state index in [0.717, 1.165) is 28.0 Å². The smallest absolute Gasteiger partial charge is 0.251 e. The van der Waals surface area contributed by atoms with E-state index in [4.69, 9.17) is 4.74 Å². The average molecular weight is 513 g/mol. The van der Waals surface area contributed by atoms with Crippen LogP contribution in [-0.2, 0) is 22.7 Å². The van der Waals surface area contributed by atoms with Crippen molar-refractivity contribution in [2.75, 3.05) is 12.0 Å². The molecule has 3 aromatic carbocycles. The molecular formula is C29H32N6O3. The number of hydrogen-bond acceptors (Lipinski definition) is 6. The van der Waals surface area contributed by atoms with Crippen LogP contribution >= 0.6 is 0 Å². The number of nitrogens with zero attached hydrogens (tertiary/aromatic N) is 5. The van der Waals surface area contributed by atoms with E-state index in [9.17, 15) is 9.59 Å². The van der Waals surface area contributed by atoms with Gasteiger partial charge >= 0.3 is 0 Å². The van der Waals surface area contributed by atoms with Crippen LogP contribution in [0.5, 0.6) is 5.75 Å². The maximum absolute atomic E-state index is 13.7. The molecule has 0 bridgehead atoms. The molecule has 4 aromatic rings. The number of anilines is 1. The molecule has 9 heteroatoms. The number of aromatic nitrogens is 4. The second kappa shape index (κ2) is 12.1. The highest BCUT2D eigenvalue weighted by molar-refractivity contribution is 6.01. The third-order valence-electron chi connectivity index (χ3n) is 6.31. The zero-order chi connectivity index (χ0) is 27.1. The summed E-state index contributed by atoms with van der Waals surface area (Å²) in [5.41, 5.74) is 4.42. The fourth-order valence-electron chi connectivity index (χ4n) is 4.17. The molecule has 0 spiro atoms. The molecule has 4 rings (SSSR count). The van der Waals surface area contributed by atoms with Crippen LogP contribution in [0.15, 0.2) is 72.8 Å². The average Bonchev–Trinajstić information content (AvgIpc) is 3.39. The number of para-hydroxylation sites is 1. The third kappa shape index (κ3) is 6.23. The Morgan fingerprint density at radius 3 is 2.37 bits per heavy atom. The van der Waals surface area contributed by atoms with E-state index in [0.29, 0.717) is 24.5 Å². The van der Waals surface area contributed by atoms with Crippen LogP contribution < -0.4 is 15.0 Å². The Bertz CT molecular complexity index is 1380. The van der Waals surface area contributed by atoms with Crippen molar-refractivity contribution in [2.45, 2.75) is 46.3 Å². The number of aryl methyl sites for hydroxylation is 2. The van der Waals surface area contributed by atoms with E-state index >= 15 is 0 Å². The quantitative estimate of drug-likeness (QED) is 0.343. The first-order chi connectivity index (χ1) is 18.4. The van der Waals surface area contributed by atoms with Crippen LogP contribution in [0.4, 0.5) is 5.69 Å². The molecule has 196 valence electrons. The van der Waals surface area contributed by atoms with Crippen LogP contribution in [-0.4, -0.2) is 45.2 Å². The molecule has 0 fully saturated rings. The van der Waals surface area contributed by atoms with Crippen molar-refractivity contribution in [2.24, 2.45) is 0 Å². The molecule has 0 saturated heterocycles. The van der Waals surface area contributed by atoms with Crippen molar-refractivity contribution in [3.8, 4) is 17.1 Å². The number of hydrogen-bond donors (Lipinski definition) is 1. The Balaban J connectivity index is 1.55. The second-order valence-corrected chi connectivity index (χ2v) is 9.05. The predicted octanol–water partition coefficient (Wildman–Crippen LogP) is 4.09. The van der Waals surface area contributed by atoms with Gasteiger partial charge in [-0.2, -0.15) is 4.80 Å². The van der Waals surface area contributed by atoms with E-state index < -0.39 is 6.04 Å². The molecule has 1 atom stereocenters. The summed E-state index contributed by atoms with van der Waals surface area (Å²) in [6.07, 6.45) is 0.425. The third-order valence-corrected chi connectivity index (χ3v) is 6.31. The van der Waals surface area contributed by atoms with Crippen molar-refractivity contribution in [1.82, 2.24) is 25.5 Å². The van der Waals surface area contributed by atoms with Gasteiger partial charge in [-0.1, -0.05) is 67.1 Å². The summed E-state index contributed by atoms with van der Waals surface area (Å²) in [5, 5.41) is 15.6. The van der Waals surface area contributed by atoms with Gasteiger partial charge in [-0.3, -0.25) is 14.5 Å². The zero-order valence-electron chi connectivity index (χ0n) is 22.1. The first-order valence-corrected chi connectivity index (χ1v) is 12.5. The normalized spacial score (nSPS) is 11.6. The minimum Gasteiger partial charge on any atom is -0.497 e. The van der Waals surface area contributed by atoms with Gasteiger partial charge < -0.3 is 10.1 Å². The van der Waals surface area contributed by atoms with Crippen LogP contribution in [0.2, 0.25) is 0 Å². The van der Waals surface area contributed by atoms with Gasteiger partial charge in [0.1, 0.15) is 18.3 Å². The van der Waals surface area contributed by atoms with Gasteiger partial charge in [0.05, 0.1) is 7.11 Å². The van der Waals surface area contributed by atoms with E-state index in [-0.39, 0.29) is 18.4 Å². The van der Waals surface area contributed by atoms with Crippen LogP contribution in [0.25, 0.3) is 11.4 Å². The lowest BCUT2D eigenvalue weighted by atomic mass is 10.1. The number of methoxy groups -OCH3 is 1. The molecule has 0 unspecified atom stereocenters. The standard InChI is InChI=1S/C29H32N6O3/c1-5-25(29(37)30-18-22-12-16-24(38-4)17-13-22)35(26-9-7-6-8-21(26)3)27(36)19-34-32-28(31-33-34)23-14-10-20(2)11-15-23/h6-17,25H,5,18-19H2,1-4H3,(H,30,37)/t25-/m0/s1. The predicted molar refractivity (Wildman–Crippen MR) is 146 cm³/mol. The summed E-state index contributed by atoms with van der Waals surface area (Å²) in [6, 6.07) is 22.1. The second-order valence-electron chi connectivity index (χ2n) is 9.05. The molecule has 0 radical (unpaired) electrons. The summed E-state index contributed by atoms with van der Waals surface area (Å²) in [4.78, 5) is 29.9. The fourth-order valence-corrected chi connectivity index (χ4v) is 4.17. The lowest BCUT2D eigenvalue weighted by Crippen LogP contribution is -2.51. The number of ether oxygens (including phenoxy) is 1. The lowest BCUT2D eigenvalue weighted by molar-refractivity contribution is -0.127. The van der Waals surface area contributed by atoms with Gasteiger partial charge in [0.2, 0.25) is 11.7 Å². The highest BCUT2D eigenvalue weighted by Gasteiger charge is 2.31. The first-order valence-electron chi connectivity index (χ1n) is 12.5. The zero-order valence-corrected chi connectivity index (χ0v) is 22.1. The van der Waals surface area contributed by atoms with Gasteiger partial charge in [0.25, 0.3) is 5.91 Å². The SMILES string of the molecule is CC[C@@H](C(=O)NCc1ccc(OC)cc1)N(C(=O)Cn1nnc(-c2ccc(C)cc2)n1)c1ccccc1C. The highest BCUT2D eigenvalue weighted by atomic mass is 16.5. The van der Waals surface area contributed by atoms with E-state index in [1.165, 1.54) is 4.80 Å². The Kier molecular flexibility index (Phi) is 8.47. The number of amides is 2. The number of tetrazole rings is 1. The number of nitrogens with one attached hydrogen (secondary N) is 1. The minimum absolute atomic E-state index is 0.157. The topological polar surface area (TPSA) is 102 Å². The van der Waals surface area contributed by atoms with Gasteiger partial charge in [0, 0.05) is 17.8 Å². The van der Waals surface area contributed by atoms with Crippen molar-refractivity contribution < 1.29 is 14.3 Å². The monoisotopic (exact) mass is 512 g/mol. The van der Waals surface area contributed by atoms with Gasteiger partial charge in [-0.15, -0.1) is 10.2 Å². The molecule has 0 aliphatic carbocycles. The van der Waals surface area contributed by atoms with Crippen molar-refractivity contribution in [3.05, 3.63) is 89.5 Å². The Labute approximate surface area is 222 Å². The number of rotatable bonds is 10. The molecule has 9 nitrogen and oxygen atoms in total. The number of carbonyl (C=O) groups excluding carboxylic acids is 2. The summed E-state index contributed by atoms with van der Waals surface area (Å²) in [5.74, 6) is 0.630. The number of carbonyl (C=O) groups is 2.